The highest BCUT2D eigenvalue weighted by atomic mass is 35.5. The van der Waals surface area contributed by atoms with Crippen LogP contribution in [0.25, 0.3) is 0 Å². The number of hydrogen-bond acceptors (Lipinski definition) is 5. The maximum atomic E-state index is 6.28. The number of nitrogens with one attached hydrogen (secondary N) is 1. The molecule has 0 atom stereocenters. The quantitative estimate of drug-likeness (QED) is 0.635. The summed E-state index contributed by atoms with van der Waals surface area (Å²) in [5.41, 5.74) is 1.04. The second kappa shape index (κ2) is 10.7. The molecule has 0 spiro atoms. The first kappa shape index (κ1) is 18.0. The zero-order chi connectivity index (χ0) is 15.5. The van der Waals surface area contributed by atoms with Crippen molar-refractivity contribution in [2.24, 2.45) is 0 Å². The van der Waals surface area contributed by atoms with Crippen molar-refractivity contribution in [3.63, 3.8) is 0 Å². The Morgan fingerprint density at radius 3 is 2.48 bits per heavy atom. The summed E-state index contributed by atoms with van der Waals surface area (Å²) in [5.74, 6) is 1.22. The number of rotatable bonds is 11. The number of halogens is 1. The highest BCUT2D eigenvalue weighted by Crippen LogP contribution is 2.36. The molecule has 0 heterocycles. The fourth-order valence-corrected chi connectivity index (χ4v) is 2.09. The average Bonchev–Trinajstić information content (AvgIpc) is 2.49. The van der Waals surface area contributed by atoms with E-state index >= 15 is 0 Å². The Hall–Kier alpha value is -1.01. The smallest absolute Gasteiger partial charge is 0.179 e. The Kier molecular flexibility index (Phi) is 9.17. The molecule has 0 aliphatic carbocycles. The van der Waals surface area contributed by atoms with E-state index in [-0.39, 0.29) is 0 Å². The van der Waals surface area contributed by atoms with Gasteiger partial charge in [-0.3, -0.25) is 0 Å². The molecule has 0 aliphatic heterocycles. The third kappa shape index (κ3) is 6.52. The Labute approximate surface area is 131 Å². The minimum atomic E-state index is 0.537. The van der Waals surface area contributed by atoms with Crippen molar-refractivity contribution in [1.29, 1.82) is 0 Å². The molecular formula is C15H24ClNO4. The lowest BCUT2D eigenvalue weighted by Crippen LogP contribution is -2.18. The molecule has 120 valence electrons. The van der Waals surface area contributed by atoms with Gasteiger partial charge in [-0.1, -0.05) is 11.6 Å². The van der Waals surface area contributed by atoms with E-state index in [2.05, 4.69) is 5.32 Å². The van der Waals surface area contributed by atoms with Crippen LogP contribution >= 0.6 is 11.6 Å². The van der Waals surface area contributed by atoms with Gasteiger partial charge in [-0.2, -0.15) is 0 Å². The molecule has 5 nitrogen and oxygen atoms in total. The van der Waals surface area contributed by atoms with Gasteiger partial charge in [0.05, 0.1) is 25.3 Å². The average molecular weight is 318 g/mol. The SMILES string of the molecule is COCCCOc1c(Cl)cc(CNCCOC)cc1OC. The van der Waals surface area contributed by atoms with Gasteiger partial charge in [-0.25, -0.2) is 0 Å². The van der Waals surface area contributed by atoms with E-state index in [9.17, 15) is 0 Å². The van der Waals surface area contributed by atoms with Crippen LogP contribution in [0.4, 0.5) is 0 Å². The predicted molar refractivity (Wildman–Crippen MR) is 83.6 cm³/mol. The normalized spacial score (nSPS) is 10.7. The van der Waals surface area contributed by atoms with Gasteiger partial charge < -0.3 is 24.3 Å². The molecule has 1 rings (SSSR count). The van der Waals surface area contributed by atoms with E-state index < -0.39 is 0 Å². The molecule has 6 heteroatoms. The van der Waals surface area contributed by atoms with Crippen LogP contribution in [0.15, 0.2) is 12.1 Å². The molecule has 0 bridgehead atoms. The third-order valence-electron chi connectivity index (χ3n) is 2.84. The molecule has 21 heavy (non-hydrogen) atoms. The Balaban J connectivity index is 2.63. The van der Waals surface area contributed by atoms with Crippen LogP contribution < -0.4 is 14.8 Å². The fraction of sp³-hybridized carbons (Fsp3) is 0.600. The summed E-state index contributed by atoms with van der Waals surface area (Å²) in [4.78, 5) is 0. The van der Waals surface area contributed by atoms with Gasteiger partial charge in [0, 0.05) is 40.3 Å². The van der Waals surface area contributed by atoms with Crippen LogP contribution in [0, 0.1) is 0 Å². The standard InChI is InChI=1S/C15H24ClNO4/c1-18-6-4-7-21-15-13(16)9-12(10-14(15)20-3)11-17-5-8-19-2/h9-10,17H,4-8,11H2,1-3H3. The molecule has 0 radical (unpaired) electrons. The van der Waals surface area contributed by atoms with Crippen molar-refractivity contribution in [2.45, 2.75) is 13.0 Å². The van der Waals surface area contributed by atoms with Crippen LogP contribution in [0.5, 0.6) is 11.5 Å². The Bertz CT molecular complexity index is 415. The molecule has 0 saturated heterocycles. The maximum Gasteiger partial charge on any atom is 0.179 e. The highest BCUT2D eigenvalue weighted by Gasteiger charge is 2.12. The first-order valence-electron chi connectivity index (χ1n) is 6.90. The maximum absolute atomic E-state index is 6.28. The summed E-state index contributed by atoms with van der Waals surface area (Å²) in [5, 5.41) is 3.82. The zero-order valence-electron chi connectivity index (χ0n) is 12.9. The van der Waals surface area contributed by atoms with Crippen LogP contribution in [0.1, 0.15) is 12.0 Å². The van der Waals surface area contributed by atoms with Crippen molar-refractivity contribution >= 4 is 11.6 Å². The molecule has 0 aliphatic rings. The lowest BCUT2D eigenvalue weighted by molar-refractivity contribution is 0.170. The lowest BCUT2D eigenvalue weighted by atomic mass is 10.2. The van der Waals surface area contributed by atoms with E-state index in [0.29, 0.717) is 42.9 Å². The van der Waals surface area contributed by atoms with E-state index in [1.165, 1.54) is 0 Å². The first-order valence-corrected chi connectivity index (χ1v) is 7.28. The van der Waals surface area contributed by atoms with Crippen molar-refractivity contribution in [3.8, 4) is 11.5 Å². The lowest BCUT2D eigenvalue weighted by Gasteiger charge is -2.14. The van der Waals surface area contributed by atoms with Gasteiger partial charge in [0.25, 0.3) is 0 Å². The third-order valence-corrected chi connectivity index (χ3v) is 3.12. The van der Waals surface area contributed by atoms with Crippen LogP contribution in [-0.2, 0) is 16.0 Å². The molecule has 1 aromatic carbocycles. The van der Waals surface area contributed by atoms with Gasteiger partial charge in [-0.15, -0.1) is 0 Å². The van der Waals surface area contributed by atoms with Gasteiger partial charge in [0.1, 0.15) is 0 Å². The van der Waals surface area contributed by atoms with E-state index in [0.717, 1.165) is 18.5 Å². The van der Waals surface area contributed by atoms with Crippen LogP contribution in [0.3, 0.4) is 0 Å². The van der Waals surface area contributed by atoms with Crippen molar-refractivity contribution in [3.05, 3.63) is 22.7 Å². The molecule has 0 unspecified atom stereocenters. The number of benzene rings is 1. The van der Waals surface area contributed by atoms with E-state index in [1.807, 2.05) is 12.1 Å². The van der Waals surface area contributed by atoms with Crippen molar-refractivity contribution < 1.29 is 18.9 Å². The molecule has 0 saturated carbocycles. The minimum Gasteiger partial charge on any atom is -0.493 e. The van der Waals surface area contributed by atoms with Crippen LogP contribution in [-0.4, -0.2) is 47.7 Å². The van der Waals surface area contributed by atoms with Gasteiger partial charge in [0.15, 0.2) is 11.5 Å². The molecular weight excluding hydrogens is 294 g/mol. The van der Waals surface area contributed by atoms with E-state index in [1.54, 1.807) is 21.3 Å². The Morgan fingerprint density at radius 1 is 1.05 bits per heavy atom. The van der Waals surface area contributed by atoms with Crippen molar-refractivity contribution in [2.75, 3.05) is 47.7 Å². The fourth-order valence-electron chi connectivity index (χ4n) is 1.80. The van der Waals surface area contributed by atoms with Gasteiger partial charge in [0.2, 0.25) is 0 Å². The highest BCUT2D eigenvalue weighted by molar-refractivity contribution is 6.32. The second-order valence-electron chi connectivity index (χ2n) is 4.47. The zero-order valence-corrected chi connectivity index (χ0v) is 13.7. The summed E-state index contributed by atoms with van der Waals surface area (Å²) < 4.78 is 21.0. The van der Waals surface area contributed by atoms with E-state index in [4.69, 9.17) is 30.5 Å². The molecule has 0 fully saturated rings. The summed E-state index contributed by atoms with van der Waals surface area (Å²) >= 11 is 6.28. The summed E-state index contributed by atoms with van der Waals surface area (Å²) in [6.45, 7) is 3.34. The summed E-state index contributed by atoms with van der Waals surface area (Å²) in [6.07, 6.45) is 0.802. The number of ether oxygens (including phenoxy) is 4. The molecule has 1 N–H and O–H groups in total. The minimum absolute atomic E-state index is 0.537. The monoisotopic (exact) mass is 317 g/mol. The molecule has 1 aromatic rings. The predicted octanol–water partition coefficient (Wildman–Crippen LogP) is 2.50. The van der Waals surface area contributed by atoms with Crippen LogP contribution in [0.2, 0.25) is 5.02 Å². The summed E-state index contributed by atoms with van der Waals surface area (Å²) in [7, 11) is 4.95. The number of hydrogen-bond donors (Lipinski definition) is 1. The molecule has 0 aromatic heterocycles. The van der Waals surface area contributed by atoms with Gasteiger partial charge >= 0.3 is 0 Å². The number of methoxy groups -OCH3 is 3. The first-order chi connectivity index (χ1) is 10.2. The largest absolute Gasteiger partial charge is 0.493 e. The second-order valence-corrected chi connectivity index (χ2v) is 4.88. The Morgan fingerprint density at radius 2 is 1.81 bits per heavy atom. The topological polar surface area (TPSA) is 49.0 Å². The molecule has 0 amide bonds. The van der Waals surface area contributed by atoms with Crippen molar-refractivity contribution in [1.82, 2.24) is 5.32 Å². The summed E-state index contributed by atoms with van der Waals surface area (Å²) in [6, 6.07) is 3.81. The van der Waals surface area contributed by atoms with Gasteiger partial charge in [-0.05, 0) is 17.7 Å².